The van der Waals surface area contributed by atoms with E-state index in [1.54, 1.807) is 7.11 Å². The molecule has 0 amide bonds. The molecule has 0 atom stereocenters. The highest BCUT2D eigenvalue weighted by atomic mass is 16.5. The van der Waals surface area contributed by atoms with Crippen LogP contribution >= 0.6 is 0 Å². The molecule has 0 aliphatic carbocycles. The lowest BCUT2D eigenvalue weighted by Gasteiger charge is -2.07. The normalized spacial score (nSPS) is 10.7. The third kappa shape index (κ3) is 6.38. The summed E-state index contributed by atoms with van der Waals surface area (Å²) in [6.07, 6.45) is 0. The van der Waals surface area contributed by atoms with Crippen molar-refractivity contribution in [3.8, 4) is 0 Å². The standard InChI is InChI=1S/C13H21NO3/c1-16-7-8-17-6-5-14-10-12-3-2-4-13(9-12)11-15/h2-4,9,14-15H,5-8,10-11H2,1H3. The summed E-state index contributed by atoms with van der Waals surface area (Å²) in [5.74, 6) is 0. The monoisotopic (exact) mass is 239 g/mol. The minimum Gasteiger partial charge on any atom is -0.392 e. The first-order chi connectivity index (χ1) is 8.36. The highest BCUT2D eigenvalue weighted by Gasteiger charge is 1.95. The average Bonchev–Trinajstić information content (AvgIpc) is 2.38. The maximum atomic E-state index is 9.00. The molecule has 0 bridgehead atoms. The van der Waals surface area contributed by atoms with E-state index in [1.165, 1.54) is 5.56 Å². The van der Waals surface area contributed by atoms with Crippen molar-refractivity contribution in [2.24, 2.45) is 0 Å². The van der Waals surface area contributed by atoms with Crippen LogP contribution in [0.1, 0.15) is 11.1 Å². The fraction of sp³-hybridized carbons (Fsp3) is 0.538. The molecule has 0 aliphatic heterocycles. The van der Waals surface area contributed by atoms with E-state index < -0.39 is 0 Å². The van der Waals surface area contributed by atoms with Gasteiger partial charge in [-0.05, 0) is 11.1 Å². The maximum absolute atomic E-state index is 9.00. The lowest BCUT2D eigenvalue weighted by atomic mass is 10.1. The maximum Gasteiger partial charge on any atom is 0.0700 e. The number of ether oxygens (including phenoxy) is 2. The van der Waals surface area contributed by atoms with Crippen LogP contribution in [0.25, 0.3) is 0 Å². The lowest BCUT2D eigenvalue weighted by Crippen LogP contribution is -2.20. The molecule has 1 aromatic carbocycles. The van der Waals surface area contributed by atoms with E-state index in [0.717, 1.165) is 18.7 Å². The van der Waals surface area contributed by atoms with Crippen LogP contribution in [0.2, 0.25) is 0 Å². The quantitative estimate of drug-likeness (QED) is 0.629. The molecule has 4 nitrogen and oxygen atoms in total. The predicted molar refractivity (Wildman–Crippen MR) is 66.8 cm³/mol. The Morgan fingerprint density at radius 2 is 2.00 bits per heavy atom. The van der Waals surface area contributed by atoms with Crippen LogP contribution in [0.3, 0.4) is 0 Å². The van der Waals surface area contributed by atoms with Gasteiger partial charge in [0.1, 0.15) is 0 Å². The zero-order valence-corrected chi connectivity index (χ0v) is 10.3. The Kier molecular flexibility index (Phi) is 7.58. The van der Waals surface area contributed by atoms with E-state index in [9.17, 15) is 0 Å². The summed E-state index contributed by atoms with van der Waals surface area (Å²) < 4.78 is 10.2. The topological polar surface area (TPSA) is 50.7 Å². The van der Waals surface area contributed by atoms with Crippen LogP contribution in [0, 0.1) is 0 Å². The van der Waals surface area contributed by atoms with Crippen LogP contribution in [-0.2, 0) is 22.6 Å². The van der Waals surface area contributed by atoms with E-state index in [1.807, 2.05) is 24.3 Å². The van der Waals surface area contributed by atoms with Crippen molar-refractivity contribution in [3.05, 3.63) is 35.4 Å². The van der Waals surface area contributed by atoms with Gasteiger partial charge in [-0.2, -0.15) is 0 Å². The molecule has 0 spiro atoms. The molecule has 0 saturated heterocycles. The summed E-state index contributed by atoms with van der Waals surface area (Å²) in [6, 6.07) is 7.91. The Morgan fingerprint density at radius 3 is 2.76 bits per heavy atom. The van der Waals surface area contributed by atoms with Gasteiger partial charge in [0.05, 0.1) is 26.4 Å². The highest BCUT2D eigenvalue weighted by Crippen LogP contribution is 2.04. The Balaban J connectivity index is 2.09. The van der Waals surface area contributed by atoms with Gasteiger partial charge in [-0.3, -0.25) is 0 Å². The van der Waals surface area contributed by atoms with Gasteiger partial charge in [-0.15, -0.1) is 0 Å². The summed E-state index contributed by atoms with van der Waals surface area (Å²) in [4.78, 5) is 0. The fourth-order valence-electron chi connectivity index (χ4n) is 1.46. The average molecular weight is 239 g/mol. The SMILES string of the molecule is COCCOCCNCc1cccc(CO)c1. The molecule has 0 unspecified atom stereocenters. The minimum absolute atomic E-state index is 0.0912. The van der Waals surface area contributed by atoms with Gasteiger partial charge < -0.3 is 19.9 Å². The zero-order chi connectivity index (χ0) is 12.3. The van der Waals surface area contributed by atoms with E-state index >= 15 is 0 Å². The molecule has 4 heteroatoms. The summed E-state index contributed by atoms with van der Waals surface area (Å²) in [7, 11) is 1.66. The molecule has 1 aromatic rings. The summed E-state index contributed by atoms with van der Waals surface area (Å²) >= 11 is 0. The number of rotatable bonds is 9. The van der Waals surface area contributed by atoms with E-state index in [-0.39, 0.29) is 6.61 Å². The largest absolute Gasteiger partial charge is 0.392 e. The molecule has 0 radical (unpaired) electrons. The number of methoxy groups -OCH3 is 1. The number of nitrogens with one attached hydrogen (secondary N) is 1. The summed E-state index contributed by atoms with van der Waals surface area (Å²) in [5.41, 5.74) is 2.12. The molecule has 0 aromatic heterocycles. The smallest absolute Gasteiger partial charge is 0.0700 e. The van der Waals surface area contributed by atoms with Crippen molar-refractivity contribution in [2.75, 3.05) is 33.5 Å². The fourth-order valence-corrected chi connectivity index (χ4v) is 1.46. The second-order valence-corrected chi connectivity index (χ2v) is 3.76. The van der Waals surface area contributed by atoms with Crippen LogP contribution in [0.15, 0.2) is 24.3 Å². The van der Waals surface area contributed by atoms with Crippen molar-refractivity contribution in [1.82, 2.24) is 5.32 Å². The first-order valence-corrected chi connectivity index (χ1v) is 5.83. The molecule has 0 heterocycles. The second kappa shape index (κ2) is 9.13. The van der Waals surface area contributed by atoms with Crippen molar-refractivity contribution < 1.29 is 14.6 Å². The third-order valence-corrected chi connectivity index (χ3v) is 2.36. The zero-order valence-electron chi connectivity index (χ0n) is 10.3. The van der Waals surface area contributed by atoms with Crippen LogP contribution < -0.4 is 5.32 Å². The Hall–Kier alpha value is -0.940. The van der Waals surface area contributed by atoms with Gasteiger partial charge >= 0.3 is 0 Å². The number of hydrogen-bond acceptors (Lipinski definition) is 4. The molecule has 17 heavy (non-hydrogen) atoms. The van der Waals surface area contributed by atoms with Crippen LogP contribution in [0.5, 0.6) is 0 Å². The number of aliphatic hydroxyl groups excluding tert-OH is 1. The minimum atomic E-state index is 0.0912. The molecule has 0 fully saturated rings. The first-order valence-electron chi connectivity index (χ1n) is 5.83. The van der Waals surface area contributed by atoms with Gasteiger partial charge in [0.2, 0.25) is 0 Å². The number of aliphatic hydroxyl groups is 1. The Morgan fingerprint density at radius 1 is 1.18 bits per heavy atom. The lowest BCUT2D eigenvalue weighted by molar-refractivity contribution is 0.0719. The molecule has 2 N–H and O–H groups in total. The van der Waals surface area contributed by atoms with Gasteiger partial charge in [-0.25, -0.2) is 0 Å². The van der Waals surface area contributed by atoms with Gasteiger partial charge in [0, 0.05) is 20.2 Å². The van der Waals surface area contributed by atoms with Gasteiger partial charge in [0.15, 0.2) is 0 Å². The number of hydrogen-bond donors (Lipinski definition) is 2. The Labute approximate surface area is 103 Å². The molecular formula is C13H21NO3. The summed E-state index contributed by atoms with van der Waals surface area (Å²) in [5, 5.41) is 12.3. The second-order valence-electron chi connectivity index (χ2n) is 3.76. The summed E-state index contributed by atoms with van der Waals surface area (Å²) in [6.45, 7) is 3.66. The highest BCUT2D eigenvalue weighted by molar-refractivity contribution is 5.22. The van der Waals surface area contributed by atoms with E-state index in [4.69, 9.17) is 14.6 Å². The van der Waals surface area contributed by atoms with Crippen molar-refractivity contribution >= 4 is 0 Å². The van der Waals surface area contributed by atoms with Crippen LogP contribution in [-0.4, -0.2) is 38.6 Å². The van der Waals surface area contributed by atoms with E-state index in [2.05, 4.69) is 5.32 Å². The van der Waals surface area contributed by atoms with Gasteiger partial charge in [0.25, 0.3) is 0 Å². The van der Waals surface area contributed by atoms with E-state index in [0.29, 0.717) is 19.8 Å². The molecule has 96 valence electrons. The molecule has 1 rings (SSSR count). The van der Waals surface area contributed by atoms with Crippen molar-refractivity contribution in [1.29, 1.82) is 0 Å². The van der Waals surface area contributed by atoms with Crippen molar-refractivity contribution in [2.45, 2.75) is 13.2 Å². The number of benzene rings is 1. The predicted octanol–water partition coefficient (Wildman–Crippen LogP) is 0.931. The van der Waals surface area contributed by atoms with Crippen LogP contribution in [0.4, 0.5) is 0 Å². The van der Waals surface area contributed by atoms with Crippen molar-refractivity contribution in [3.63, 3.8) is 0 Å². The first kappa shape index (κ1) is 14.1. The molecule has 0 saturated carbocycles. The Bertz CT molecular complexity index is 304. The molecule has 0 aliphatic rings. The third-order valence-electron chi connectivity index (χ3n) is 2.36. The molecular weight excluding hydrogens is 218 g/mol. The van der Waals surface area contributed by atoms with Gasteiger partial charge in [-0.1, -0.05) is 24.3 Å².